The van der Waals surface area contributed by atoms with E-state index in [1.165, 1.54) is 36.4 Å². The van der Waals surface area contributed by atoms with Gasteiger partial charge in [0.05, 0.1) is 22.1 Å². The minimum Gasteiger partial charge on any atom is -0.347 e. The summed E-state index contributed by atoms with van der Waals surface area (Å²) >= 11 is 0. The van der Waals surface area contributed by atoms with Gasteiger partial charge in [0, 0.05) is 117 Å². The number of carbonyl (C=O) groups excluding carboxylic acids is 4. The highest BCUT2D eigenvalue weighted by Crippen LogP contribution is 2.35. The SMILES string of the molecule is CCCCCn1cc(C(=O)c2cccc3ccccc23)c2c(F)cccc21.CCCCCn1cc(C(=O)c2cccc3ccccc23)c2cc(F)ccc21.CCCCCn1cc(C(=O)c2cccc3ccccc23)c2ccc(F)cc21.CCCCCn1cc(C(=O)c2cccc3ccccc23)c2cccc(F)c21. The Morgan fingerprint density at radius 1 is 0.259 bits per heavy atom. The van der Waals surface area contributed by atoms with Crippen LogP contribution >= 0.6 is 0 Å². The normalized spacial score (nSPS) is 11.3. The predicted molar refractivity (Wildman–Crippen MR) is 435 cm³/mol. The average molecular weight is 1440 g/mol. The van der Waals surface area contributed by atoms with E-state index < -0.39 is 0 Å². The summed E-state index contributed by atoms with van der Waals surface area (Å²) in [7, 11) is 0. The number of fused-ring (bicyclic) bond motifs is 8. The minimum absolute atomic E-state index is 0.0161. The Hall–Kier alpha value is -11.8. The van der Waals surface area contributed by atoms with Crippen molar-refractivity contribution in [1.82, 2.24) is 18.3 Å². The number of unbranched alkanes of at least 4 members (excludes halogenated alkanes) is 8. The zero-order valence-electron chi connectivity index (χ0n) is 61.7. The summed E-state index contributed by atoms with van der Waals surface area (Å²) in [5.41, 5.74) is 7.84. The second-order valence-electron chi connectivity index (χ2n) is 27.8. The highest BCUT2D eigenvalue weighted by atomic mass is 19.1. The van der Waals surface area contributed by atoms with Gasteiger partial charge in [-0.15, -0.1) is 0 Å². The Balaban J connectivity index is 0.000000127. The van der Waals surface area contributed by atoms with Gasteiger partial charge in [0.1, 0.15) is 23.3 Å². The van der Waals surface area contributed by atoms with E-state index in [1.807, 2.05) is 220 Å². The Kier molecular flexibility index (Phi) is 23.9. The summed E-state index contributed by atoms with van der Waals surface area (Å²) in [4.78, 5) is 53.6. The Morgan fingerprint density at radius 3 is 1.06 bits per heavy atom. The van der Waals surface area contributed by atoms with Gasteiger partial charge in [0.2, 0.25) is 0 Å². The number of aromatic nitrogens is 4. The summed E-state index contributed by atoms with van der Waals surface area (Å²) in [6.45, 7) is 11.7. The number of nitrogens with zero attached hydrogens (tertiary/aromatic N) is 4. The van der Waals surface area contributed by atoms with Crippen molar-refractivity contribution in [2.24, 2.45) is 0 Å². The number of para-hydroxylation sites is 1. The third-order valence-electron chi connectivity index (χ3n) is 20.5. The van der Waals surface area contributed by atoms with Gasteiger partial charge in [-0.2, -0.15) is 0 Å². The summed E-state index contributed by atoms with van der Waals surface area (Å²) < 4.78 is 65.0. The van der Waals surface area contributed by atoms with E-state index in [2.05, 4.69) is 32.3 Å². The van der Waals surface area contributed by atoms with Crippen LogP contribution in [0.3, 0.4) is 0 Å². The first-order valence-corrected chi connectivity index (χ1v) is 38.0. The molecule has 0 unspecified atom stereocenters. The molecule has 12 heteroatoms. The maximum Gasteiger partial charge on any atom is 0.195 e. The van der Waals surface area contributed by atoms with E-state index >= 15 is 0 Å². The zero-order chi connectivity index (χ0) is 75.2. The molecule has 0 N–H and O–H groups in total. The molecule has 0 aliphatic rings. The Labute approximate surface area is 627 Å². The molecule has 544 valence electrons. The lowest BCUT2D eigenvalue weighted by atomic mass is 9.97. The predicted octanol–water partition coefficient (Wildman–Crippen LogP) is 25.4. The van der Waals surface area contributed by atoms with Crippen molar-refractivity contribution < 1.29 is 36.7 Å². The van der Waals surface area contributed by atoms with E-state index in [4.69, 9.17) is 0 Å². The number of hydrogen-bond acceptors (Lipinski definition) is 4. The fraction of sp³-hybridized carbons (Fsp3) is 0.208. The van der Waals surface area contributed by atoms with E-state index in [-0.39, 0.29) is 46.4 Å². The number of halogens is 4. The van der Waals surface area contributed by atoms with Crippen molar-refractivity contribution in [2.45, 2.75) is 131 Å². The lowest BCUT2D eigenvalue weighted by Gasteiger charge is -2.05. The maximum atomic E-state index is 14.7. The molecule has 0 bridgehead atoms. The highest BCUT2D eigenvalue weighted by molar-refractivity contribution is 6.24. The van der Waals surface area contributed by atoms with E-state index in [0.717, 1.165) is 162 Å². The van der Waals surface area contributed by atoms with Crippen molar-refractivity contribution in [3.05, 3.63) is 335 Å². The van der Waals surface area contributed by atoms with Gasteiger partial charge >= 0.3 is 0 Å². The standard InChI is InChI=1S/4C24H22FNO/c1-2-3-6-15-26-16-21(19-12-8-14-22(25)23(19)26)24(27)20-13-7-10-17-9-4-5-11-18(17)20;1-2-3-6-15-26-16-20(23-21(25)13-8-14-22(23)26)24(27)19-12-7-10-17-9-4-5-11-18(17)19;1-2-3-6-14-26-16-22(20-13-12-18(25)15-23(20)26)24(27)21-11-7-9-17-8-4-5-10-19(17)21;1-2-3-6-14-26-16-22(21-15-18(25)12-13-23(21)26)24(27)20-11-7-9-17-8-4-5-10-19(17)20/h2*4-5,7-14,16H,2-3,6,15H2,1H3;2*4-5,7-13,15-16H,2-3,6,14H2,1H3. The third kappa shape index (κ3) is 16.0. The average Bonchev–Trinajstić information content (AvgIpc) is 1.65. The highest BCUT2D eigenvalue weighted by Gasteiger charge is 2.25. The third-order valence-corrected chi connectivity index (χ3v) is 20.5. The molecule has 12 aromatic carbocycles. The van der Waals surface area contributed by atoms with Crippen LogP contribution in [-0.2, 0) is 26.2 Å². The fourth-order valence-corrected chi connectivity index (χ4v) is 15.0. The van der Waals surface area contributed by atoms with Gasteiger partial charge in [-0.05, 0) is 123 Å². The van der Waals surface area contributed by atoms with E-state index in [1.54, 1.807) is 24.3 Å². The lowest BCUT2D eigenvalue weighted by Crippen LogP contribution is -2.02. The van der Waals surface area contributed by atoms with Crippen molar-refractivity contribution >= 4 is 110 Å². The second-order valence-corrected chi connectivity index (χ2v) is 27.8. The molecule has 0 fully saturated rings. The van der Waals surface area contributed by atoms with Crippen molar-refractivity contribution in [2.75, 3.05) is 0 Å². The smallest absolute Gasteiger partial charge is 0.195 e. The second kappa shape index (κ2) is 34.7. The maximum absolute atomic E-state index is 14.7. The molecule has 8 nitrogen and oxygen atoms in total. The van der Waals surface area contributed by atoms with Crippen LogP contribution in [0.2, 0.25) is 0 Å². The first-order valence-electron chi connectivity index (χ1n) is 38.0. The molecule has 108 heavy (non-hydrogen) atoms. The van der Waals surface area contributed by atoms with Crippen LogP contribution in [0.1, 0.15) is 168 Å². The summed E-state index contributed by atoms with van der Waals surface area (Å²) in [6.07, 6.45) is 20.4. The minimum atomic E-state index is -0.342. The van der Waals surface area contributed by atoms with Crippen molar-refractivity contribution in [3.8, 4) is 0 Å². The molecule has 0 amide bonds. The number of ketones is 4. The number of carbonyl (C=O) groups is 4. The van der Waals surface area contributed by atoms with Crippen LogP contribution in [0, 0.1) is 23.3 Å². The number of benzene rings is 12. The molecule has 4 aromatic heterocycles. The molecule has 0 aliphatic heterocycles. The van der Waals surface area contributed by atoms with Gasteiger partial charge < -0.3 is 18.3 Å². The molecule has 0 spiro atoms. The summed E-state index contributed by atoms with van der Waals surface area (Å²) in [5.74, 6) is -1.48. The number of rotatable bonds is 24. The van der Waals surface area contributed by atoms with Crippen LogP contribution in [-0.4, -0.2) is 41.4 Å². The van der Waals surface area contributed by atoms with Crippen LogP contribution in [0.15, 0.2) is 267 Å². The fourth-order valence-electron chi connectivity index (χ4n) is 15.0. The molecule has 16 rings (SSSR count). The van der Waals surface area contributed by atoms with Crippen molar-refractivity contribution in [3.63, 3.8) is 0 Å². The summed E-state index contributed by atoms with van der Waals surface area (Å²) in [6, 6.07) is 73.8. The van der Waals surface area contributed by atoms with Gasteiger partial charge in [-0.3, -0.25) is 19.2 Å². The van der Waals surface area contributed by atoms with Crippen LogP contribution in [0.4, 0.5) is 17.6 Å². The quantitative estimate of drug-likeness (QED) is 0.0343. The zero-order valence-corrected chi connectivity index (χ0v) is 61.7. The van der Waals surface area contributed by atoms with Crippen molar-refractivity contribution in [1.29, 1.82) is 0 Å². The molecule has 0 saturated heterocycles. The molecule has 0 aliphatic carbocycles. The first kappa shape index (κ1) is 74.5. The molecule has 4 heterocycles. The summed E-state index contributed by atoms with van der Waals surface area (Å²) in [5, 5.41) is 10.4. The van der Waals surface area contributed by atoms with Crippen LogP contribution in [0.5, 0.6) is 0 Å². The van der Waals surface area contributed by atoms with Gasteiger partial charge in [-0.25, -0.2) is 17.6 Å². The van der Waals surface area contributed by atoms with Crippen LogP contribution < -0.4 is 0 Å². The monoisotopic (exact) mass is 1440 g/mol. The largest absolute Gasteiger partial charge is 0.347 e. The Bertz CT molecular complexity index is 5830. The molecular weight excluding hydrogens is 1350 g/mol. The molecule has 16 aromatic rings. The molecule has 0 saturated carbocycles. The van der Waals surface area contributed by atoms with E-state index in [9.17, 15) is 36.7 Å². The molecule has 0 atom stereocenters. The molecular formula is C96H88F4N4O4. The Morgan fingerprint density at radius 2 is 0.593 bits per heavy atom. The number of hydrogen-bond donors (Lipinski definition) is 0. The lowest BCUT2D eigenvalue weighted by molar-refractivity contribution is 0.103. The topological polar surface area (TPSA) is 88.0 Å². The first-order chi connectivity index (χ1) is 52.8. The molecule has 0 radical (unpaired) electrons. The van der Waals surface area contributed by atoms with Gasteiger partial charge in [-0.1, -0.05) is 267 Å². The van der Waals surface area contributed by atoms with Crippen LogP contribution in [0.25, 0.3) is 86.7 Å². The number of aryl methyl sites for hydroxylation is 4. The van der Waals surface area contributed by atoms with Gasteiger partial charge in [0.15, 0.2) is 23.1 Å². The van der Waals surface area contributed by atoms with E-state index in [0.29, 0.717) is 72.7 Å². The van der Waals surface area contributed by atoms with Gasteiger partial charge in [0.25, 0.3) is 0 Å².